The molecule has 0 radical (unpaired) electrons. The van der Waals surface area contributed by atoms with E-state index in [2.05, 4.69) is 0 Å². The maximum Gasteiger partial charge on any atom is 0.311 e. The van der Waals surface area contributed by atoms with Crippen molar-refractivity contribution < 1.29 is 44.8 Å². The van der Waals surface area contributed by atoms with Crippen LogP contribution < -0.4 is 0 Å². The lowest BCUT2D eigenvalue weighted by Gasteiger charge is -2.20. The van der Waals surface area contributed by atoms with Crippen molar-refractivity contribution in [3.8, 4) is 0 Å². The molecule has 0 bridgehead atoms. The van der Waals surface area contributed by atoms with E-state index in [1.54, 1.807) is 20.8 Å². The summed E-state index contributed by atoms with van der Waals surface area (Å²) in [7, 11) is -5.47. The number of hydrogen-bond donors (Lipinski definition) is 1. The molecule has 0 unspecified atom stereocenters. The molecule has 148 valence electrons. The molecule has 11 heteroatoms. The van der Waals surface area contributed by atoms with Gasteiger partial charge in [0.1, 0.15) is 6.61 Å². The quantitative estimate of drug-likeness (QED) is 0.180. The molecule has 1 aromatic rings. The summed E-state index contributed by atoms with van der Waals surface area (Å²) >= 11 is 0. The van der Waals surface area contributed by atoms with Gasteiger partial charge in [-0.3, -0.25) is 9.35 Å². The van der Waals surface area contributed by atoms with Gasteiger partial charge >= 0.3 is 16.1 Å². The number of carbonyl (C=O) groups excluding carboxylic acids is 1. The van der Waals surface area contributed by atoms with Crippen LogP contribution >= 0.6 is 0 Å². The number of hydrogen-bond acceptors (Lipinski definition) is 5. The zero-order chi connectivity index (χ0) is 20.3. The molecular formula is C15H18F4O6S. The highest BCUT2D eigenvalue weighted by atomic mass is 32.2. The minimum absolute atomic E-state index is 0.277. The molecule has 0 atom stereocenters. The lowest BCUT2D eigenvalue weighted by molar-refractivity contribution is -0.155. The lowest BCUT2D eigenvalue weighted by atomic mass is 9.91. The highest BCUT2D eigenvalue weighted by Crippen LogP contribution is 2.28. The van der Waals surface area contributed by atoms with Crippen LogP contribution in [0, 0.1) is 28.7 Å². The summed E-state index contributed by atoms with van der Waals surface area (Å²) in [5.74, 6) is -9.16. The lowest BCUT2D eigenvalue weighted by Crippen LogP contribution is -2.27. The van der Waals surface area contributed by atoms with E-state index in [4.69, 9.17) is 14.0 Å². The zero-order valence-electron chi connectivity index (χ0n) is 14.2. The van der Waals surface area contributed by atoms with Gasteiger partial charge in [-0.15, -0.1) is 0 Å². The van der Waals surface area contributed by atoms with Gasteiger partial charge in [0.2, 0.25) is 0 Å². The number of rotatable bonds is 8. The van der Waals surface area contributed by atoms with Crippen LogP contribution in [-0.4, -0.2) is 32.2 Å². The van der Waals surface area contributed by atoms with Crippen molar-refractivity contribution in [1.82, 2.24) is 0 Å². The molecule has 0 aliphatic rings. The van der Waals surface area contributed by atoms with Gasteiger partial charge in [0.05, 0.1) is 24.2 Å². The van der Waals surface area contributed by atoms with Gasteiger partial charge in [-0.1, -0.05) is 6.92 Å². The molecule has 0 aliphatic carbocycles. The second kappa shape index (κ2) is 8.31. The first-order chi connectivity index (χ1) is 11.8. The third-order valence-corrected chi connectivity index (χ3v) is 4.59. The van der Waals surface area contributed by atoms with Crippen LogP contribution in [0.2, 0.25) is 0 Å². The third-order valence-electron chi connectivity index (χ3n) is 3.72. The van der Waals surface area contributed by atoms with E-state index >= 15 is 0 Å². The predicted molar refractivity (Wildman–Crippen MR) is 80.8 cm³/mol. The van der Waals surface area contributed by atoms with Gasteiger partial charge in [0, 0.05) is 0 Å². The summed E-state index contributed by atoms with van der Waals surface area (Å²) in [6.45, 7) is 3.48. The van der Waals surface area contributed by atoms with Crippen LogP contribution in [0.1, 0.15) is 32.8 Å². The maximum atomic E-state index is 14.0. The topological polar surface area (TPSA) is 89.9 Å². The van der Waals surface area contributed by atoms with E-state index in [0.717, 1.165) is 0 Å². The summed E-state index contributed by atoms with van der Waals surface area (Å²) in [5, 5.41) is 0. The zero-order valence-corrected chi connectivity index (χ0v) is 15.1. The van der Waals surface area contributed by atoms with Gasteiger partial charge in [-0.05, 0) is 20.3 Å². The molecule has 6 nitrogen and oxygen atoms in total. The normalized spacial score (nSPS) is 12.3. The average molecular weight is 402 g/mol. The Hall–Kier alpha value is -1.72. The van der Waals surface area contributed by atoms with E-state index in [-0.39, 0.29) is 13.2 Å². The highest BCUT2D eigenvalue weighted by molar-refractivity contribution is 7.85. The summed E-state index contributed by atoms with van der Waals surface area (Å²) in [5.41, 5.74) is -1.96. The van der Waals surface area contributed by atoms with E-state index in [1.807, 2.05) is 0 Å². The molecule has 1 aromatic carbocycles. The highest BCUT2D eigenvalue weighted by Gasteiger charge is 2.32. The van der Waals surface area contributed by atoms with Crippen molar-refractivity contribution in [2.45, 2.75) is 38.7 Å². The molecule has 0 heterocycles. The number of halogens is 4. The SMILES string of the molecule is CCC(C)(C)C(=O)OCCOCc1c(F)c(F)c(F)c(S(=O)(=O)O)c1F. The molecule has 0 fully saturated rings. The Kier molecular flexibility index (Phi) is 7.14. The minimum Gasteiger partial charge on any atom is -0.463 e. The first kappa shape index (κ1) is 22.3. The fourth-order valence-electron chi connectivity index (χ4n) is 1.72. The molecule has 0 saturated carbocycles. The van der Waals surface area contributed by atoms with Gasteiger partial charge < -0.3 is 9.47 Å². The smallest absolute Gasteiger partial charge is 0.311 e. The Bertz CT molecular complexity index is 792. The Morgan fingerprint density at radius 3 is 2.12 bits per heavy atom. The molecule has 0 aliphatic heterocycles. The number of benzene rings is 1. The van der Waals surface area contributed by atoms with Crippen LogP contribution in [0.15, 0.2) is 4.90 Å². The van der Waals surface area contributed by atoms with Crippen molar-refractivity contribution in [2.75, 3.05) is 13.2 Å². The fraction of sp³-hybridized carbons (Fsp3) is 0.533. The first-order valence-electron chi connectivity index (χ1n) is 7.41. The molecule has 1 rings (SSSR count). The number of ether oxygens (including phenoxy) is 2. The molecule has 26 heavy (non-hydrogen) atoms. The molecule has 0 saturated heterocycles. The van der Waals surface area contributed by atoms with Gasteiger partial charge in [0.25, 0.3) is 0 Å². The molecule has 0 amide bonds. The van der Waals surface area contributed by atoms with Crippen LogP contribution in [0.5, 0.6) is 0 Å². The predicted octanol–water partition coefficient (Wildman–Crippen LogP) is 2.99. The Morgan fingerprint density at radius 1 is 1.04 bits per heavy atom. The van der Waals surface area contributed by atoms with E-state index in [1.165, 1.54) is 0 Å². The average Bonchev–Trinajstić information content (AvgIpc) is 2.53. The van der Waals surface area contributed by atoms with Crippen LogP contribution in [-0.2, 0) is 31.0 Å². The Morgan fingerprint density at radius 2 is 1.62 bits per heavy atom. The Labute approximate surface area is 147 Å². The molecule has 1 N–H and O–H groups in total. The van der Waals surface area contributed by atoms with Crippen LogP contribution in [0.4, 0.5) is 17.6 Å². The summed E-state index contributed by atoms with van der Waals surface area (Å²) < 4.78 is 94.8. The minimum atomic E-state index is -5.47. The number of esters is 1. The second-order valence-electron chi connectivity index (χ2n) is 5.96. The van der Waals surface area contributed by atoms with Gasteiger partial charge in [-0.25, -0.2) is 17.6 Å². The molecule has 0 aromatic heterocycles. The van der Waals surface area contributed by atoms with E-state index in [9.17, 15) is 30.8 Å². The second-order valence-corrected chi connectivity index (χ2v) is 7.32. The molecular weight excluding hydrogens is 384 g/mol. The van der Waals surface area contributed by atoms with Gasteiger partial charge in [0.15, 0.2) is 28.2 Å². The maximum absolute atomic E-state index is 14.0. The van der Waals surface area contributed by atoms with Gasteiger partial charge in [-0.2, -0.15) is 8.42 Å². The summed E-state index contributed by atoms with van der Waals surface area (Å²) in [6.07, 6.45) is 0.510. The van der Waals surface area contributed by atoms with Crippen molar-refractivity contribution in [1.29, 1.82) is 0 Å². The monoisotopic (exact) mass is 402 g/mol. The largest absolute Gasteiger partial charge is 0.463 e. The van der Waals surface area contributed by atoms with Crippen molar-refractivity contribution >= 4 is 16.1 Å². The van der Waals surface area contributed by atoms with Crippen molar-refractivity contribution in [2.24, 2.45) is 5.41 Å². The summed E-state index contributed by atoms with van der Waals surface area (Å²) in [4.78, 5) is 9.68. The number of carbonyl (C=O) groups is 1. The van der Waals surface area contributed by atoms with Crippen molar-refractivity contribution in [3.05, 3.63) is 28.8 Å². The van der Waals surface area contributed by atoms with E-state index in [0.29, 0.717) is 6.42 Å². The third kappa shape index (κ3) is 4.92. The van der Waals surface area contributed by atoms with Crippen molar-refractivity contribution in [3.63, 3.8) is 0 Å². The van der Waals surface area contributed by atoms with Crippen LogP contribution in [0.25, 0.3) is 0 Å². The van der Waals surface area contributed by atoms with E-state index < -0.39 is 61.8 Å². The molecule has 0 spiro atoms. The first-order valence-corrected chi connectivity index (χ1v) is 8.85. The Balaban J connectivity index is 2.84. The standard InChI is InChI=1S/C15H18F4O6S/c1-4-15(2,3)14(20)25-6-5-24-7-8-9(16)11(18)12(19)13(10(8)17)26(21,22)23/h4-7H2,1-3H3,(H,21,22,23). The fourth-order valence-corrected chi connectivity index (χ4v) is 2.38. The summed E-state index contributed by atoms with van der Waals surface area (Å²) in [6, 6.07) is 0. The van der Waals surface area contributed by atoms with Crippen LogP contribution in [0.3, 0.4) is 0 Å².